The smallest absolute Gasteiger partial charge is 0.129 e. The number of imidazole rings is 1. The highest BCUT2D eigenvalue weighted by Gasteiger charge is 2.09. The summed E-state index contributed by atoms with van der Waals surface area (Å²) in [7, 11) is 0. The van der Waals surface area contributed by atoms with Crippen LogP contribution in [0.2, 0.25) is 0 Å². The molecule has 0 radical (unpaired) electrons. The largest absolute Gasteiger partial charge is 0.392 e. The average Bonchev–Trinajstić information content (AvgIpc) is 2.90. The van der Waals surface area contributed by atoms with Crippen molar-refractivity contribution in [2.45, 2.75) is 26.6 Å². The predicted octanol–water partition coefficient (Wildman–Crippen LogP) is 3.16. The van der Waals surface area contributed by atoms with Gasteiger partial charge in [-0.2, -0.15) is 0 Å². The van der Waals surface area contributed by atoms with E-state index in [2.05, 4.69) is 22.9 Å². The molecule has 4 nitrogen and oxygen atoms in total. The Labute approximate surface area is 124 Å². The summed E-state index contributed by atoms with van der Waals surface area (Å²) in [5, 5.41) is 12.7. The molecule has 2 N–H and O–H groups in total. The van der Waals surface area contributed by atoms with Gasteiger partial charge in [-0.25, -0.2) is 4.98 Å². The van der Waals surface area contributed by atoms with Crippen molar-refractivity contribution in [2.24, 2.45) is 0 Å². The number of rotatable bonds is 5. The minimum atomic E-state index is 0.0351. The molecule has 0 fully saturated rings. The lowest BCUT2D eigenvalue weighted by atomic mass is 10.2. The second kappa shape index (κ2) is 5.97. The summed E-state index contributed by atoms with van der Waals surface area (Å²) in [6, 6.07) is 16.0. The zero-order valence-electron chi connectivity index (χ0n) is 12.1. The second-order valence-electron chi connectivity index (χ2n) is 4.93. The van der Waals surface area contributed by atoms with Gasteiger partial charge in [0.15, 0.2) is 0 Å². The number of hydrogen-bond donors (Lipinski definition) is 2. The molecule has 3 rings (SSSR count). The minimum absolute atomic E-state index is 0.0351. The number of nitrogens with zero attached hydrogens (tertiary/aromatic N) is 2. The molecule has 108 valence electrons. The van der Waals surface area contributed by atoms with E-state index in [1.807, 2.05) is 42.5 Å². The molecule has 0 aliphatic carbocycles. The number of aromatic nitrogens is 2. The number of benzene rings is 2. The fourth-order valence-electron chi connectivity index (χ4n) is 2.62. The SMILES string of the molecule is CCn1c(CNc2ccccc2CO)nc2ccccc21. The average molecular weight is 281 g/mol. The van der Waals surface area contributed by atoms with Gasteiger partial charge in [0.05, 0.1) is 24.2 Å². The Bertz CT molecular complexity index is 749. The highest BCUT2D eigenvalue weighted by Crippen LogP contribution is 2.19. The molecule has 0 saturated carbocycles. The number of aliphatic hydroxyl groups is 1. The van der Waals surface area contributed by atoms with Crippen LogP contribution in [0.1, 0.15) is 18.3 Å². The predicted molar refractivity (Wildman–Crippen MR) is 85.1 cm³/mol. The normalized spacial score (nSPS) is 11.0. The van der Waals surface area contributed by atoms with Gasteiger partial charge in [0.2, 0.25) is 0 Å². The van der Waals surface area contributed by atoms with Gasteiger partial charge in [0.1, 0.15) is 5.82 Å². The Hall–Kier alpha value is -2.33. The maximum absolute atomic E-state index is 9.37. The van der Waals surface area contributed by atoms with E-state index >= 15 is 0 Å². The van der Waals surface area contributed by atoms with Crippen molar-refractivity contribution in [2.75, 3.05) is 5.32 Å². The molecule has 2 aromatic carbocycles. The first-order chi connectivity index (χ1) is 10.3. The molecule has 0 spiro atoms. The van der Waals surface area contributed by atoms with E-state index in [-0.39, 0.29) is 6.61 Å². The van der Waals surface area contributed by atoms with Gasteiger partial charge in [0, 0.05) is 17.8 Å². The molecule has 3 aromatic rings. The first-order valence-corrected chi connectivity index (χ1v) is 7.20. The minimum Gasteiger partial charge on any atom is -0.392 e. The lowest BCUT2D eigenvalue weighted by molar-refractivity contribution is 0.282. The van der Waals surface area contributed by atoms with Gasteiger partial charge in [0.25, 0.3) is 0 Å². The topological polar surface area (TPSA) is 50.1 Å². The van der Waals surface area contributed by atoms with E-state index < -0.39 is 0 Å². The van der Waals surface area contributed by atoms with Crippen LogP contribution in [0.4, 0.5) is 5.69 Å². The third-order valence-corrected chi connectivity index (χ3v) is 3.67. The van der Waals surface area contributed by atoms with Gasteiger partial charge in [-0.15, -0.1) is 0 Å². The number of aliphatic hydroxyl groups excluding tert-OH is 1. The number of anilines is 1. The number of aryl methyl sites for hydroxylation is 1. The third-order valence-electron chi connectivity index (χ3n) is 3.67. The van der Waals surface area contributed by atoms with Crippen LogP contribution in [0, 0.1) is 0 Å². The quantitative estimate of drug-likeness (QED) is 0.755. The molecular formula is C17H19N3O. The van der Waals surface area contributed by atoms with Crippen LogP contribution in [0.5, 0.6) is 0 Å². The Morgan fingerprint density at radius 2 is 1.86 bits per heavy atom. The van der Waals surface area contributed by atoms with E-state index in [1.54, 1.807) is 0 Å². The van der Waals surface area contributed by atoms with Crippen LogP contribution in [0.15, 0.2) is 48.5 Å². The van der Waals surface area contributed by atoms with Crippen LogP contribution in [-0.4, -0.2) is 14.7 Å². The van der Waals surface area contributed by atoms with Gasteiger partial charge in [-0.05, 0) is 25.1 Å². The van der Waals surface area contributed by atoms with E-state index in [1.165, 1.54) is 0 Å². The van der Waals surface area contributed by atoms with Crippen LogP contribution in [0.25, 0.3) is 11.0 Å². The molecular weight excluding hydrogens is 262 g/mol. The van der Waals surface area contributed by atoms with Gasteiger partial charge in [-0.1, -0.05) is 30.3 Å². The van der Waals surface area contributed by atoms with Crippen molar-refractivity contribution in [3.63, 3.8) is 0 Å². The van der Waals surface area contributed by atoms with E-state index in [0.717, 1.165) is 34.7 Å². The molecule has 1 heterocycles. The lowest BCUT2D eigenvalue weighted by Gasteiger charge is -2.11. The summed E-state index contributed by atoms with van der Waals surface area (Å²) in [6.45, 7) is 3.69. The Morgan fingerprint density at radius 1 is 1.10 bits per heavy atom. The van der Waals surface area contributed by atoms with Crippen molar-refractivity contribution in [1.29, 1.82) is 0 Å². The standard InChI is InChI=1S/C17H19N3O/c1-2-20-16-10-6-5-9-15(16)19-17(20)11-18-14-8-4-3-7-13(14)12-21/h3-10,18,21H,2,11-12H2,1H3. The summed E-state index contributed by atoms with van der Waals surface area (Å²) in [6.07, 6.45) is 0. The lowest BCUT2D eigenvalue weighted by Crippen LogP contribution is -2.09. The van der Waals surface area contributed by atoms with Gasteiger partial charge >= 0.3 is 0 Å². The summed E-state index contributed by atoms with van der Waals surface area (Å²) in [4.78, 5) is 4.69. The molecule has 0 unspecified atom stereocenters. The molecule has 0 amide bonds. The third kappa shape index (κ3) is 2.62. The van der Waals surface area contributed by atoms with Crippen LogP contribution < -0.4 is 5.32 Å². The fourth-order valence-corrected chi connectivity index (χ4v) is 2.62. The maximum Gasteiger partial charge on any atom is 0.129 e. The number of hydrogen-bond acceptors (Lipinski definition) is 3. The monoisotopic (exact) mass is 281 g/mol. The highest BCUT2D eigenvalue weighted by atomic mass is 16.3. The van der Waals surface area contributed by atoms with E-state index in [4.69, 9.17) is 4.98 Å². The summed E-state index contributed by atoms with van der Waals surface area (Å²) >= 11 is 0. The van der Waals surface area contributed by atoms with Crippen LogP contribution >= 0.6 is 0 Å². The zero-order valence-corrected chi connectivity index (χ0v) is 12.1. The Balaban J connectivity index is 1.88. The molecule has 0 bridgehead atoms. The summed E-state index contributed by atoms with van der Waals surface area (Å²) in [5.41, 5.74) is 4.03. The Kier molecular flexibility index (Phi) is 3.88. The molecule has 0 aliphatic rings. The number of nitrogens with one attached hydrogen (secondary N) is 1. The summed E-state index contributed by atoms with van der Waals surface area (Å²) in [5.74, 6) is 1.01. The zero-order chi connectivity index (χ0) is 14.7. The van der Waals surface area contributed by atoms with Crippen molar-refractivity contribution < 1.29 is 5.11 Å². The first kappa shape index (κ1) is 13.6. The van der Waals surface area contributed by atoms with E-state index in [9.17, 15) is 5.11 Å². The molecule has 21 heavy (non-hydrogen) atoms. The molecule has 0 saturated heterocycles. The first-order valence-electron chi connectivity index (χ1n) is 7.20. The molecule has 0 aliphatic heterocycles. The molecule has 0 atom stereocenters. The van der Waals surface area contributed by atoms with Gasteiger partial charge in [-0.3, -0.25) is 0 Å². The second-order valence-corrected chi connectivity index (χ2v) is 4.93. The molecule has 1 aromatic heterocycles. The van der Waals surface area contributed by atoms with Crippen molar-refractivity contribution in [3.05, 3.63) is 59.9 Å². The number of fused-ring (bicyclic) bond motifs is 1. The Morgan fingerprint density at radius 3 is 2.67 bits per heavy atom. The van der Waals surface area contributed by atoms with Crippen molar-refractivity contribution >= 4 is 16.7 Å². The maximum atomic E-state index is 9.37. The van der Waals surface area contributed by atoms with Crippen molar-refractivity contribution in [1.82, 2.24) is 9.55 Å². The van der Waals surface area contributed by atoms with E-state index in [0.29, 0.717) is 6.54 Å². The fraction of sp³-hybridized carbons (Fsp3) is 0.235. The van der Waals surface area contributed by atoms with Crippen molar-refractivity contribution in [3.8, 4) is 0 Å². The van der Waals surface area contributed by atoms with Crippen LogP contribution in [-0.2, 0) is 19.7 Å². The summed E-state index contributed by atoms with van der Waals surface area (Å²) < 4.78 is 2.21. The number of para-hydroxylation sites is 3. The molecule has 4 heteroatoms. The van der Waals surface area contributed by atoms with Gasteiger partial charge < -0.3 is 15.0 Å². The highest BCUT2D eigenvalue weighted by molar-refractivity contribution is 5.76. The van der Waals surface area contributed by atoms with Crippen LogP contribution in [0.3, 0.4) is 0 Å².